The Balaban J connectivity index is 2.46. The molecule has 3 nitrogen and oxygen atoms in total. The zero-order valence-corrected chi connectivity index (χ0v) is 14.2. The molecule has 0 fully saturated rings. The quantitative estimate of drug-likeness (QED) is 0.701. The third kappa shape index (κ3) is 3.01. The van der Waals surface area contributed by atoms with E-state index < -0.39 is 0 Å². The molecule has 1 heterocycles. The van der Waals surface area contributed by atoms with E-state index in [-0.39, 0.29) is 5.78 Å². The fourth-order valence-corrected chi connectivity index (χ4v) is 3.66. The Bertz CT molecular complexity index is 600. The van der Waals surface area contributed by atoms with Crippen molar-refractivity contribution in [1.82, 2.24) is 0 Å². The van der Waals surface area contributed by atoms with Gasteiger partial charge in [0.05, 0.1) is 23.6 Å². The number of ether oxygens (including phenoxy) is 2. The molecular weight excluding hydrogens is 396 g/mol. The van der Waals surface area contributed by atoms with E-state index in [0.29, 0.717) is 21.9 Å². The molecule has 1 aromatic heterocycles. The minimum Gasteiger partial charge on any atom is -0.497 e. The number of hydrogen-bond donors (Lipinski definition) is 0. The first-order valence-electron chi connectivity index (χ1n) is 5.27. The summed E-state index contributed by atoms with van der Waals surface area (Å²) in [4.78, 5) is 13.1. The van der Waals surface area contributed by atoms with Gasteiger partial charge in [-0.2, -0.15) is 0 Å². The highest BCUT2D eigenvalue weighted by Crippen LogP contribution is 2.35. The molecule has 0 bridgehead atoms. The summed E-state index contributed by atoms with van der Waals surface area (Å²) in [6.07, 6.45) is 0. The SMILES string of the molecule is COc1cc(OC)cc(C(=O)c2scc(Br)c2Br)c1. The van der Waals surface area contributed by atoms with Crippen LogP contribution >= 0.6 is 43.2 Å². The van der Waals surface area contributed by atoms with Gasteiger partial charge in [-0.15, -0.1) is 11.3 Å². The number of methoxy groups -OCH3 is 2. The molecule has 100 valence electrons. The lowest BCUT2D eigenvalue weighted by molar-refractivity contribution is 0.104. The van der Waals surface area contributed by atoms with Crippen molar-refractivity contribution in [2.75, 3.05) is 14.2 Å². The minimum atomic E-state index is -0.0697. The van der Waals surface area contributed by atoms with Gasteiger partial charge in [-0.25, -0.2) is 0 Å². The van der Waals surface area contributed by atoms with Crippen LogP contribution in [0.3, 0.4) is 0 Å². The van der Waals surface area contributed by atoms with Crippen LogP contribution < -0.4 is 9.47 Å². The third-order valence-electron chi connectivity index (χ3n) is 2.51. The van der Waals surface area contributed by atoms with Gasteiger partial charge in [-0.3, -0.25) is 4.79 Å². The van der Waals surface area contributed by atoms with Crippen molar-refractivity contribution in [2.45, 2.75) is 0 Å². The van der Waals surface area contributed by atoms with Crippen LogP contribution in [0.25, 0.3) is 0 Å². The topological polar surface area (TPSA) is 35.5 Å². The molecule has 0 amide bonds. The van der Waals surface area contributed by atoms with E-state index >= 15 is 0 Å². The monoisotopic (exact) mass is 404 g/mol. The Kier molecular flexibility index (Phi) is 4.65. The van der Waals surface area contributed by atoms with Crippen molar-refractivity contribution in [3.05, 3.63) is 43.0 Å². The van der Waals surface area contributed by atoms with E-state index in [1.165, 1.54) is 11.3 Å². The van der Waals surface area contributed by atoms with Crippen LogP contribution in [0.15, 0.2) is 32.5 Å². The first-order valence-corrected chi connectivity index (χ1v) is 7.73. The standard InChI is InChI=1S/C13H10Br2O3S/c1-17-8-3-7(4-9(5-8)18-2)12(16)13-11(15)10(14)6-19-13/h3-6H,1-2H3. The largest absolute Gasteiger partial charge is 0.497 e. The lowest BCUT2D eigenvalue weighted by Gasteiger charge is -2.07. The lowest BCUT2D eigenvalue weighted by Crippen LogP contribution is -2.01. The van der Waals surface area contributed by atoms with E-state index in [9.17, 15) is 4.79 Å². The van der Waals surface area contributed by atoms with Gasteiger partial charge in [0.25, 0.3) is 0 Å². The van der Waals surface area contributed by atoms with Gasteiger partial charge >= 0.3 is 0 Å². The van der Waals surface area contributed by atoms with E-state index in [2.05, 4.69) is 31.9 Å². The second-order valence-corrected chi connectivity index (χ2v) is 6.18. The molecule has 0 saturated heterocycles. The first kappa shape index (κ1) is 14.6. The van der Waals surface area contributed by atoms with Crippen molar-refractivity contribution in [3.8, 4) is 11.5 Å². The number of thiophene rings is 1. The maximum Gasteiger partial charge on any atom is 0.204 e. The van der Waals surface area contributed by atoms with Gasteiger partial charge in [0.15, 0.2) is 0 Å². The summed E-state index contributed by atoms with van der Waals surface area (Å²) in [6, 6.07) is 5.13. The average molecular weight is 406 g/mol. The van der Waals surface area contributed by atoms with Gasteiger partial charge in [-0.1, -0.05) is 0 Å². The van der Waals surface area contributed by atoms with Crippen LogP contribution in [0.1, 0.15) is 15.2 Å². The average Bonchev–Trinajstić information content (AvgIpc) is 2.77. The van der Waals surface area contributed by atoms with Crippen molar-refractivity contribution in [1.29, 1.82) is 0 Å². The Labute approximate surface area is 131 Å². The molecule has 2 aromatic rings. The minimum absolute atomic E-state index is 0.0697. The zero-order chi connectivity index (χ0) is 14.0. The molecule has 1 aromatic carbocycles. The molecule has 0 N–H and O–H groups in total. The zero-order valence-electron chi connectivity index (χ0n) is 10.2. The van der Waals surface area contributed by atoms with Gasteiger partial charge < -0.3 is 9.47 Å². The van der Waals surface area contributed by atoms with Gasteiger partial charge in [0.1, 0.15) is 11.5 Å². The van der Waals surface area contributed by atoms with Gasteiger partial charge in [0, 0.05) is 21.5 Å². The molecule has 0 radical (unpaired) electrons. The third-order valence-corrected chi connectivity index (χ3v) is 6.03. The molecule has 0 aliphatic carbocycles. The number of carbonyl (C=O) groups is 1. The van der Waals surface area contributed by atoms with E-state index in [4.69, 9.17) is 9.47 Å². The maximum atomic E-state index is 12.5. The molecule has 19 heavy (non-hydrogen) atoms. The first-order chi connectivity index (χ1) is 9.06. The number of hydrogen-bond acceptors (Lipinski definition) is 4. The molecule has 0 aliphatic heterocycles. The number of ketones is 1. The smallest absolute Gasteiger partial charge is 0.204 e. The van der Waals surface area contributed by atoms with Crippen LogP contribution in [0.2, 0.25) is 0 Å². The van der Waals surface area contributed by atoms with Gasteiger partial charge in [0.2, 0.25) is 5.78 Å². The molecule has 0 aliphatic rings. The summed E-state index contributed by atoms with van der Waals surface area (Å²) < 4.78 is 12.0. The Morgan fingerprint density at radius 1 is 1.11 bits per heavy atom. The normalized spacial score (nSPS) is 10.3. The van der Waals surface area contributed by atoms with Crippen molar-refractivity contribution < 1.29 is 14.3 Å². The number of halogens is 2. The number of benzene rings is 1. The number of carbonyl (C=O) groups excluding carboxylic acids is 1. The Morgan fingerprint density at radius 2 is 1.68 bits per heavy atom. The van der Waals surface area contributed by atoms with Gasteiger partial charge in [-0.05, 0) is 44.0 Å². The van der Waals surface area contributed by atoms with Crippen LogP contribution in [0.5, 0.6) is 11.5 Å². The maximum absolute atomic E-state index is 12.5. The Morgan fingerprint density at radius 3 is 2.11 bits per heavy atom. The second kappa shape index (κ2) is 6.07. The van der Waals surface area contributed by atoms with E-state index in [1.807, 2.05) is 5.38 Å². The highest BCUT2D eigenvalue weighted by Gasteiger charge is 2.18. The molecule has 0 spiro atoms. The van der Waals surface area contributed by atoms with Crippen LogP contribution in [-0.4, -0.2) is 20.0 Å². The summed E-state index contributed by atoms with van der Waals surface area (Å²) >= 11 is 8.16. The van der Waals surface area contributed by atoms with Crippen LogP contribution in [0.4, 0.5) is 0 Å². The molecule has 6 heteroatoms. The summed E-state index contributed by atoms with van der Waals surface area (Å²) in [5.41, 5.74) is 0.534. The summed E-state index contributed by atoms with van der Waals surface area (Å²) in [6.45, 7) is 0. The molecule has 0 unspecified atom stereocenters. The summed E-state index contributed by atoms with van der Waals surface area (Å²) in [7, 11) is 3.11. The van der Waals surface area contributed by atoms with Crippen molar-refractivity contribution in [3.63, 3.8) is 0 Å². The van der Waals surface area contributed by atoms with Crippen LogP contribution in [0, 0.1) is 0 Å². The fraction of sp³-hybridized carbons (Fsp3) is 0.154. The van der Waals surface area contributed by atoms with Crippen molar-refractivity contribution >= 4 is 49.0 Å². The number of rotatable bonds is 4. The summed E-state index contributed by atoms with van der Waals surface area (Å²) in [5, 5.41) is 1.87. The predicted octanol–water partition coefficient (Wildman–Crippen LogP) is 4.52. The summed E-state index contributed by atoms with van der Waals surface area (Å²) in [5.74, 6) is 1.11. The molecule has 0 saturated carbocycles. The lowest BCUT2D eigenvalue weighted by atomic mass is 10.1. The fourth-order valence-electron chi connectivity index (χ4n) is 1.55. The molecule has 2 rings (SSSR count). The molecule has 0 atom stereocenters. The van der Waals surface area contributed by atoms with E-state index in [1.54, 1.807) is 32.4 Å². The highest BCUT2D eigenvalue weighted by atomic mass is 79.9. The van der Waals surface area contributed by atoms with Crippen LogP contribution in [-0.2, 0) is 0 Å². The second-order valence-electron chi connectivity index (χ2n) is 3.66. The molecular formula is C13H10Br2O3S. The van der Waals surface area contributed by atoms with Crippen molar-refractivity contribution in [2.24, 2.45) is 0 Å². The van der Waals surface area contributed by atoms with E-state index in [0.717, 1.165) is 8.95 Å². The predicted molar refractivity (Wildman–Crippen MR) is 82.7 cm³/mol. The highest BCUT2D eigenvalue weighted by molar-refractivity contribution is 9.13. The Hall–Kier alpha value is -0.850.